The van der Waals surface area contributed by atoms with Gasteiger partial charge in [0.2, 0.25) is 0 Å². The molecule has 1 atom stereocenters. The van der Waals surface area contributed by atoms with Gasteiger partial charge in [0.25, 0.3) is 0 Å². The minimum atomic E-state index is -0.379. The van der Waals surface area contributed by atoms with Crippen LogP contribution in [0.25, 0.3) is 0 Å². The molecule has 0 bridgehead atoms. The summed E-state index contributed by atoms with van der Waals surface area (Å²) in [5, 5.41) is 11.7. The summed E-state index contributed by atoms with van der Waals surface area (Å²) in [5.74, 6) is 0.803. The highest BCUT2D eigenvalue weighted by Gasteiger charge is 2.43. The van der Waals surface area contributed by atoms with E-state index in [1.807, 2.05) is 24.3 Å². The number of hydrogen-bond acceptors (Lipinski definition) is 5. The number of aliphatic hydroxyl groups excluding tert-OH is 1. The van der Waals surface area contributed by atoms with Crippen molar-refractivity contribution in [3.05, 3.63) is 29.8 Å². The maximum absolute atomic E-state index is 11.4. The van der Waals surface area contributed by atoms with Crippen LogP contribution in [0.1, 0.15) is 18.4 Å². The van der Waals surface area contributed by atoms with Crippen LogP contribution >= 0.6 is 0 Å². The van der Waals surface area contributed by atoms with Crippen molar-refractivity contribution in [3.63, 3.8) is 0 Å². The molecule has 0 aliphatic carbocycles. The van der Waals surface area contributed by atoms with Gasteiger partial charge < -0.3 is 19.9 Å². The zero-order valence-corrected chi connectivity index (χ0v) is 12.6. The number of carbonyl (C=O) groups is 1. The molecular weight excluding hydrogens is 284 g/mol. The first-order chi connectivity index (χ1) is 10.7. The number of ether oxygens (including phenoxy) is 2. The fraction of sp³-hybridized carbons (Fsp3) is 0.562. The van der Waals surface area contributed by atoms with Crippen LogP contribution < -0.4 is 10.1 Å². The van der Waals surface area contributed by atoms with Crippen LogP contribution in [-0.4, -0.2) is 54.5 Å². The van der Waals surface area contributed by atoms with Gasteiger partial charge in [-0.1, -0.05) is 18.2 Å². The Kier molecular flexibility index (Phi) is 4.49. The Hall–Kier alpha value is -1.79. The van der Waals surface area contributed by atoms with Crippen LogP contribution in [-0.2, 0) is 11.3 Å². The number of benzene rings is 1. The van der Waals surface area contributed by atoms with Crippen LogP contribution in [0.2, 0.25) is 0 Å². The molecule has 0 aromatic heterocycles. The van der Waals surface area contributed by atoms with Crippen molar-refractivity contribution in [2.45, 2.75) is 25.0 Å². The molecule has 3 rings (SSSR count). The SMILES string of the molecule is O=C1NC[C@@]2(CCCN(Cc3ccccc3OCCO)C2)O1. The smallest absolute Gasteiger partial charge is 0.407 e. The standard InChI is InChI=1S/C16H22N2O4/c19-8-9-21-14-5-2-1-4-13(14)10-18-7-3-6-16(12-18)11-17-15(20)22-16/h1-2,4-5,19H,3,6-12H2,(H,17,20)/t16-/m1/s1. The third-order valence-electron chi connectivity index (χ3n) is 4.20. The second kappa shape index (κ2) is 6.54. The number of nitrogens with one attached hydrogen (secondary N) is 1. The number of nitrogens with zero attached hydrogens (tertiary/aromatic N) is 1. The lowest BCUT2D eigenvalue weighted by molar-refractivity contribution is -0.0113. The number of para-hydroxylation sites is 1. The third kappa shape index (κ3) is 3.34. The van der Waals surface area contributed by atoms with Crippen LogP contribution in [0, 0.1) is 0 Å². The zero-order valence-electron chi connectivity index (χ0n) is 12.6. The van der Waals surface area contributed by atoms with Gasteiger partial charge in [0.05, 0.1) is 13.2 Å². The van der Waals surface area contributed by atoms with Crippen LogP contribution in [0.5, 0.6) is 5.75 Å². The van der Waals surface area contributed by atoms with Gasteiger partial charge in [-0.15, -0.1) is 0 Å². The topological polar surface area (TPSA) is 71.0 Å². The van der Waals surface area contributed by atoms with E-state index < -0.39 is 0 Å². The first-order valence-electron chi connectivity index (χ1n) is 7.72. The van der Waals surface area contributed by atoms with Gasteiger partial charge in [-0.3, -0.25) is 4.90 Å². The van der Waals surface area contributed by atoms with Crippen LogP contribution in [0.4, 0.5) is 4.79 Å². The first kappa shape index (κ1) is 15.1. The highest BCUT2D eigenvalue weighted by Crippen LogP contribution is 2.30. The van der Waals surface area contributed by atoms with E-state index in [1.165, 1.54) is 0 Å². The largest absolute Gasteiger partial charge is 0.491 e. The molecule has 2 fully saturated rings. The van der Waals surface area contributed by atoms with E-state index in [1.54, 1.807) is 0 Å². The average Bonchev–Trinajstić information content (AvgIpc) is 2.87. The molecular formula is C16H22N2O4. The molecule has 0 radical (unpaired) electrons. The van der Waals surface area contributed by atoms with Crippen molar-refractivity contribution >= 4 is 6.09 Å². The number of likely N-dealkylation sites (tertiary alicyclic amines) is 1. The summed E-state index contributed by atoms with van der Waals surface area (Å²) in [6.07, 6.45) is 1.60. The number of amides is 1. The molecule has 1 aromatic carbocycles. The lowest BCUT2D eigenvalue weighted by atomic mass is 9.92. The van der Waals surface area contributed by atoms with E-state index in [2.05, 4.69) is 10.2 Å². The lowest BCUT2D eigenvalue weighted by Crippen LogP contribution is -2.50. The van der Waals surface area contributed by atoms with Gasteiger partial charge in [-0.05, 0) is 25.5 Å². The lowest BCUT2D eigenvalue weighted by Gasteiger charge is -2.38. The second-order valence-corrected chi connectivity index (χ2v) is 5.92. The van der Waals surface area contributed by atoms with E-state index >= 15 is 0 Å². The van der Waals surface area contributed by atoms with Crippen molar-refractivity contribution < 1.29 is 19.4 Å². The zero-order chi connectivity index (χ0) is 15.4. The number of aliphatic hydroxyl groups is 1. The van der Waals surface area contributed by atoms with Crippen molar-refractivity contribution in [3.8, 4) is 5.75 Å². The van der Waals surface area contributed by atoms with Gasteiger partial charge in [-0.25, -0.2) is 4.79 Å². The summed E-state index contributed by atoms with van der Waals surface area (Å²) < 4.78 is 11.1. The minimum Gasteiger partial charge on any atom is -0.491 e. The summed E-state index contributed by atoms with van der Waals surface area (Å²) in [7, 11) is 0. The molecule has 1 amide bonds. The Labute approximate surface area is 130 Å². The number of carbonyl (C=O) groups excluding carboxylic acids is 1. The summed E-state index contributed by atoms with van der Waals surface area (Å²) in [6.45, 7) is 3.35. The Morgan fingerprint density at radius 3 is 3.05 bits per heavy atom. The molecule has 1 aromatic rings. The van der Waals surface area contributed by atoms with Crippen LogP contribution in [0.3, 0.4) is 0 Å². The Balaban J connectivity index is 1.67. The molecule has 1 spiro atoms. The van der Waals surface area contributed by atoms with E-state index in [9.17, 15) is 4.79 Å². The quantitative estimate of drug-likeness (QED) is 0.853. The predicted octanol–water partition coefficient (Wildman–Crippen LogP) is 1.13. The third-order valence-corrected chi connectivity index (χ3v) is 4.20. The molecule has 2 aliphatic rings. The molecule has 6 heteroatoms. The van der Waals surface area contributed by atoms with Crippen molar-refractivity contribution in [2.75, 3.05) is 32.8 Å². The molecule has 6 nitrogen and oxygen atoms in total. The minimum absolute atomic E-state index is 0.00276. The first-order valence-corrected chi connectivity index (χ1v) is 7.72. The van der Waals surface area contributed by atoms with Gasteiger partial charge >= 0.3 is 6.09 Å². The predicted molar refractivity (Wildman–Crippen MR) is 80.7 cm³/mol. The molecule has 120 valence electrons. The monoisotopic (exact) mass is 306 g/mol. The molecule has 2 heterocycles. The van der Waals surface area contributed by atoms with E-state index in [4.69, 9.17) is 14.6 Å². The maximum Gasteiger partial charge on any atom is 0.407 e. The van der Waals surface area contributed by atoms with Gasteiger partial charge in [-0.2, -0.15) is 0 Å². The number of hydrogen-bond donors (Lipinski definition) is 2. The summed E-state index contributed by atoms with van der Waals surface area (Å²) >= 11 is 0. The molecule has 0 saturated carbocycles. The molecule has 2 saturated heterocycles. The summed E-state index contributed by atoms with van der Waals surface area (Å²) in [5.41, 5.74) is 0.709. The Bertz CT molecular complexity index is 537. The summed E-state index contributed by atoms with van der Waals surface area (Å²) in [6, 6.07) is 7.86. The average molecular weight is 306 g/mol. The van der Waals surface area contributed by atoms with Crippen molar-refractivity contribution in [1.29, 1.82) is 0 Å². The maximum atomic E-state index is 11.4. The highest BCUT2D eigenvalue weighted by atomic mass is 16.6. The number of rotatable bonds is 5. The molecule has 2 aliphatic heterocycles. The highest BCUT2D eigenvalue weighted by molar-refractivity contribution is 5.70. The molecule has 0 unspecified atom stereocenters. The Morgan fingerprint density at radius 1 is 1.41 bits per heavy atom. The number of piperidine rings is 1. The van der Waals surface area contributed by atoms with Gasteiger partial charge in [0.1, 0.15) is 18.0 Å². The van der Waals surface area contributed by atoms with Crippen molar-refractivity contribution in [1.82, 2.24) is 10.2 Å². The summed E-state index contributed by atoms with van der Waals surface area (Å²) in [4.78, 5) is 13.7. The number of alkyl carbamates (subject to hydrolysis) is 1. The van der Waals surface area contributed by atoms with E-state index in [0.29, 0.717) is 13.2 Å². The fourth-order valence-corrected chi connectivity index (χ4v) is 3.23. The van der Waals surface area contributed by atoms with Gasteiger partial charge in [0, 0.05) is 18.7 Å². The fourth-order valence-electron chi connectivity index (χ4n) is 3.23. The van der Waals surface area contributed by atoms with E-state index in [0.717, 1.165) is 43.8 Å². The van der Waals surface area contributed by atoms with Gasteiger partial charge in [0.15, 0.2) is 0 Å². The normalized spacial score (nSPS) is 25.0. The van der Waals surface area contributed by atoms with Crippen molar-refractivity contribution in [2.24, 2.45) is 0 Å². The molecule has 22 heavy (non-hydrogen) atoms. The van der Waals surface area contributed by atoms with Crippen LogP contribution in [0.15, 0.2) is 24.3 Å². The Morgan fingerprint density at radius 2 is 2.27 bits per heavy atom. The molecule has 2 N–H and O–H groups in total. The van der Waals surface area contributed by atoms with E-state index in [-0.39, 0.29) is 18.3 Å². The second-order valence-electron chi connectivity index (χ2n) is 5.92.